The molecule has 0 atom stereocenters. The van der Waals surface area contributed by atoms with Crippen molar-refractivity contribution in [2.45, 2.75) is 18.8 Å². The van der Waals surface area contributed by atoms with Crippen LogP contribution in [0.1, 0.15) is 24.6 Å². The first kappa shape index (κ1) is 10.0. The number of nitrogens with zero attached hydrogens (tertiary/aromatic N) is 4. The first-order chi connectivity index (χ1) is 8.81. The lowest BCUT2D eigenvalue weighted by molar-refractivity contribution is 0.475. The first-order valence-corrected chi connectivity index (χ1v) is 6.64. The molecule has 2 aromatic heterocycles. The van der Waals surface area contributed by atoms with Crippen molar-refractivity contribution in [2.75, 3.05) is 0 Å². The fourth-order valence-corrected chi connectivity index (χ4v) is 2.80. The highest BCUT2D eigenvalue weighted by molar-refractivity contribution is 7.19. The van der Waals surface area contributed by atoms with Gasteiger partial charge >= 0.3 is 0 Å². The molecule has 90 valence electrons. The second-order valence-electron chi connectivity index (χ2n) is 4.48. The van der Waals surface area contributed by atoms with Crippen LogP contribution < -0.4 is 0 Å². The Morgan fingerprint density at radius 1 is 1.17 bits per heavy atom. The van der Waals surface area contributed by atoms with Gasteiger partial charge in [-0.05, 0) is 37.1 Å². The SMILES string of the molecule is Oc1ccc(-c2nn3c(C4CC4)nnc3s2)cc1. The van der Waals surface area contributed by atoms with E-state index in [9.17, 15) is 5.11 Å². The lowest BCUT2D eigenvalue weighted by Gasteiger charge is -1.95. The highest BCUT2D eigenvalue weighted by atomic mass is 32.1. The van der Waals surface area contributed by atoms with Crippen molar-refractivity contribution in [3.05, 3.63) is 30.1 Å². The van der Waals surface area contributed by atoms with Crippen LogP contribution in [-0.2, 0) is 0 Å². The number of phenolic OH excluding ortho intramolecular Hbond substituents is 1. The predicted octanol–water partition coefficient (Wildman–Crippen LogP) is 2.44. The standard InChI is InChI=1S/C12H10N4OS/c17-9-5-3-8(4-6-9)11-15-16-10(7-1-2-7)13-14-12(16)18-11/h3-7,17H,1-2H2. The smallest absolute Gasteiger partial charge is 0.234 e. The van der Waals surface area contributed by atoms with E-state index in [1.54, 1.807) is 12.1 Å². The third-order valence-electron chi connectivity index (χ3n) is 3.07. The first-order valence-electron chi connectivity index (χ1n) is 5.83. The van der Waals surface area contributed by atoms with E-state index in [4.69, 9.17) is 0 Å². The van der Waals surface area contributed by atoms with Crippen molar-refractivity contribution in [1.29, 1.82) is 0 Å². The molecular weight excluding hydrogens is 248 g/mol. The summed E-state index contributed by atoms with van der Waals surface area (Å²) in [5.41, 5.74) is 0.991. The largest absolute Gasteiger partial charge is 0.508 e. The molecule has 1 aromatic carbocycles. The number of hydrogen-bond acceptors (Lipinski definition) is 5. The van der Waals surface area contributed by atoms with Crippen LogP contribution in [-0.4, -0.2) is 24.9 Å². The Kier molecular flexibility index (Phi) is 1.96. The molecule has 5 nitrogen and oxygen atoms in total. The second kappa shape index (κ2) is 3.52. The van der Waals surface area contributed by atoms with E-state index in [-0.39, 0.29) is 5.75 Å². The molecular formula is C12H10N4OS. The molecule has 0 amide bonds. The molecule has 18 heavy (non-hydrogen) atoms. The van der Waals surface area contributed by atoms with Gasteiger partial charge in [-0.15, -0.1) is 10.2 Å². The van der Waals surface area contributed by atoms with Crippen LogP contribution >= 0.6 is 11.3 Å². The monoisotopic (exact) mass is 258 g/mol. The van der Waals surface area contributed by atoms with Crippen LogP contribution in [0.4, 0.5) is 0 Å². The van der Waals surface area contributed by atoms with E-state index in [2.05, 4.69) is 15.3 Å². The highest BCUT2D eigenvalue weighted by Gasteiger charge is 2.30. The average Bonchev–Trinajstić information content (AvgIpc) is 3.00. The van der Waals surface area contributed by atoms with Crippen molar-refractivity contribution < 1.29 is 5.11 Å². The van der Waals surface area contributed by atoms with Crippen molar-refractivity contribution in [3.8, 4) is 16.3 Å². The van der Waals surface area contributed by atoms with E-state index in [0.29, 0.717) is 5.92 Å². The van der Waals surface area contributed by atoms with Crippen LogP contribution in [0, 0.1) is 0 Å². The minimum Gasteiger partial charge on any atom is -0.508 e. The summed E-state index contributed by atoms with van der Waals surface area (Å²) < 4.78 is 1.85. The molecule has 3 aromatic rings. The van der Waals surface area contributed by atoms with Crippen LogP contribution in [0.5, 0.6) is 5.75 Å². The maximum absolute atomic E-state index is 9.28. The predicted molar refractivity (Wildman–Crippen MR) is 67.7 cm³/mol. The maximum Gasteiger partial charge on any atom is 0.234 e. The van der Waals surface area contributed by atoms with Gasteiger partial charge in [0.2, 0.25) is 4.96 Å². The molecule has 2 heterocycles. The zero-order valence-corrected chi connectivity index (χ0v) is 10.3. The molecule has 0 saturated heterocycles. The van der Waals surface area contributed by atoms with E-state index in [1.807, 2.05) is 16.6 Å². The summed E-state index contributed by atoms with van der Waals surface area (Å²) in [7, 11) is 0. The fraction of sp³-hybridized carbons (Fsp3) is 0.250. The maximum atomic E-state index is 9.28. The molecule has 1 fully saturated rings. The van der Waals surface area contributed by atoms with Gasteiger partial charge in [0.25, 0.3) is 0 Å². The zero-order valence-electron chi connectivity index (χ0n) is 9.45. The number of benzene rings is 1. The molecule has 0 radical (unpaired) electrons. The minimum absolute atomic E-state index is 0.264. The summed E-state index contributed by atoms with van der Waals surface area (Å²) in [6.45, 7) is 0. The molecule has 6 heteroatoms. The molecule has 0 spiro atoms. The van der Waals surface area contributed by atoms with Crippen LogP contribution in [0.15, 0.2) is 24.3 Å². The Morgan fingerprint density at radius 2 is 1.94 bits per heavy atom. The van der Waals surface area contributed by atoms with Crippen molar-refractivity contribution in [1.82, 2.24) is 19.8 Å². The third-order valence-corrected chi connectivity index (χ3v) is 4.02. The number of aromatic hydroxyl groups is 1. The summed E-state index contributed by atoms with van der Waals surface area (Å²) in [4.78, 5) is 0.833. The molecule has 1 N–H and O–H groups in total. The summed E-state index contributed by atoms with van der Waals surface area (Å²) in [6, 6.07) is 7.05. The second-order valence-corrected chi connectivity index (χ2v) is 5.44. The van der Waals surface area contributed by atoms with Gasteiger partial charge in [-0.25, -0.2) is 0 Å². The molecule has 1 aliphatic rings. The molecule has 4 rings (SSSR count). The Balaban J connectivity index is 1.83. The zero-order chi connectivity index (χ0) is 12.1. The van der Waals surface area contributed by atoms with Crippen molar-refractivity contribution in [3.63, 3.8) is 0 Å². The Hall–Kier alpha value is -1.95. The van der Waals surface area contributed by atoms with Gasteiger partial charge in [-0.1, -0.05) is 11.3 Å². The van der Waals surface area contributed by atoms with Crippen molar-refractivity contribution >= 4 is 16.3 Å². The van der Waals surface area contributed by atoms with Gasteiger partial charge in [0.05, 0.1) is 0 Å². The van der Waals surface area contributed by atoms with Crippen molar-refractivity contribution in [2.24, 2.45) is 0 Å². The molecule has 1 aliphatic carbocycles. The fourth-order valence-electron chi connectivity index (χ4n) is 1.95. The lowest BCUT2D eigenvalue weighted by atomic mass is 10.2. The summed E-state index contributed by atoms with van der Waals surface area (Å²) in [5, 5.41) is 23.1. The number of phenols is 1. The molecule has 0 unspecified atom stereocenters. The van der Waals surface area contributed by atoms with E-state index >= 15 is 0 Å². The topological polar surface area (TPSA) is 63.3 Å². The van der Waals surface area contributed by atoms with Gasteiger partial charge in [-0.2, -0.15) is 9.61 Å². The summed E-state index contributed by atoms with van der Waals surface area (Å²) in [5.74, 6) is 1.78. The Bertz CT molecular complexity index is 711. The van der Waals surface area contributed by atoms with E-state index in [0.717, 1.165) is 21.4 Å². The van der Waals surface area contributed by atoms with E-state index < -0.39 is 0 Å². The highest BCUT2D eigenvalue weighted by Crippen LogP contribution is 2.39. The average molecular weight is 258 g/mol. The van der Waals surface area contributed by atoms with Crippen LogP contribution in [0.2, 0.25) is 0 Å². The number of aromatic nitrogens is 4. The lowest BCUT2D eigenvalue weighted by Crippen LogP contribution is -1.93. The molecule has 0 aliphatic heterocycles. The summed E-state index contributed by atoms with van der Waals surface area (Å²) >= 11 is 1.52. The van der Waals surface area contributed by atoms with Gasteiger partial charge in [0.1, 0.15) is 10.8 Å². The van der Waals surface area contributed by atoms with Gasteiger partial charge in [0.15, 0.2) is 5.82 Å². The minimum atomic E-state index is 0.264. The quantitative estimate of drug-likeness (QED) is 0.766. The Morgan fingerprint density at radius 3 is 2.67 bits per heavy atom. The summed E-state index contributed by atoms with van der Waals surface area (Å²) in [6.07, 6.45) is 2.37. The molecule has 1 saturated carbocycles. The van der Waals surface area contributed by atoms with E-state index in [1.165, 1.54) is 24.2 Å². The van der Waals surface area contributed by atoms with Crippen LogP contribution in [0.3, 0.4) is 0 Å². The number of hydrogen-bond donors (Lipinski definition) is 1. The normalized spacial score (nSPS) is 15.3. The molecule has 0 bridgehead atoms. The van der Waals surface area contributed by atoms with Gasteiger partial charge in [0, 0.05) is 11.5 Å². The van der Waals surface area contributed by atoms with Crippen LogP contribution in [0.25, 0.3) is 15.5 Å². The van der Waals surface area contributed by atoms with Gasteiger partial charge < -0.3 is 5.11 Å². The van der Waals surface area contributed by atoms with Gasteiger partial charge in [-0.3, -0.25) is 0 Å². The Labute approximate surface area is 107 Å². The number of fused-ring (bicyclic) bond motifs is 1. The number of rotatable bonds is 2. The third kappa shape index (κ3) is 1.49.